The number of phenolic OH excluding ortho intramolecular Hbond substituents is 1. The predicted octanol–water partition coefficient (Wildman–Crippen LogP) is 4.11. The van der Waals surface area contributed by atoms with Crippen LogP contribution in [0.5, 0.6) is 5.75 Å². The summed E-state index contributed by atoms with van der Waals surface area (Å²) in [6, 6.07) is 4.59. The summed E-state index contributed by atoms with van der Waals surface area (Å²) in [5.41, 5.74) is 0.739. The number of benzene rings is 1. The summed E-state index contributed by atoms with van der Waals surface area (Å²) in [6.07, 6.45) is 6.38. The number of aliphatic carboxylic acids is 1. The Morgan fingerprint density at radius 2 is 1.84 bits per heavy atom. The van der Waals surface area contributed by atoms with Crippen LogP contribution in [0.2, 0.25) is 0 Å². The first-order valence-corrected chi connectivity index (χ1v) is 11.6. The molecule has 0 saturated carbocycles. The third-order valence-corrected chi connectivity index (χ3v) is 6.19. The normalized spacial score (nSPS) is 15.0. The molecule has 2 amide bonds. The molecule has 1 aromatic carbocycles. The number of hydrogen-bond acceptors (Lipinski definition) is 6. The van der Waals surface area contributed by atoms with Crippen molar-refractivity contribution in [3.05, 3.63) is 34.2 Å². The zero-order valence-corrected chi connectivity index (χ0v) is 19.4. The minimum Gasteiger partial charge on any atom is -0.507 e. The number of thioether (sulfide) groups is 1. The third kappa shape index (κ3) is 6.80. The van der Waals surface area contributed by atoms with E-state index in [1.165, 1.54) is 6.07 Å². The van der Waals surface area contributed by atoms with Crippen LogP contribution in [-0.4, -0.2) is 61.8 Å². The van der Waals surface area contributed by atoms with Crippen molar-refractivity contribution < 1.29 is 24.6 Å². The Labute approximate surface area is 192 Å². The molecule has 31 heavy (non-hydrogen) atoms. The van der Waals surface area contributed by atoms with E-state index in [1.807, 2.05) is 0 Å². The lowest BCUT2D eigenvalue weighted by Crippen LogP contribution is -2.33. The van der Waals surface area contributed by atoms with Crippen LogP contribution in [-0.2, 0) is 9.59 Å². The minimum atomic E-state index is -1.15. The standard InChI is InChI=1S/C22H28N2O5S2/c1-3-5-7-11-23(10-6-4-2)20(28)16-12-15(8-9-17(16)25)13-18-21(29)24(14-19(26)27)22(30)31-18/h8-9,12-13,25H,3-7,10-11,14H2,1-2H3,(H,26,27). The quantitative estimate of drug-likeness (QED) is 0.289. The van der Waals surface area contributed by atoms with Crippen LogP contribution < -0.4 is 0 Å². The Morgan fingerprint density at radius 1 is 1.16 bits per heavy atom. The van der Waals surface area contributed by atoms with Crippen molar-refractivity contribution >= 4 is 52.2 Å². The minimum absolute atomic E-state index is 0.113. The first kappa shape index (κ1) is 24.9. The molecule has 9 heteroatoms. The molecule has 7 nitrogen and oxygen atoms in total. The second-order valence-corrected chi connectivity index (χ2v) is 8.97. The molecule has 0 aliphatic carbocycles. The monoisotopic (exact) mass is 464 g/mol. The van der Waals surface area contributed by atoms with Crippen LogP contribution in [0, 0.1) is 0 Å². The highest BCUT2D eigenvalue weighted by atomic mass is 32.2. The van der Waals surface area contributed by atoms with Gasteiger partial charge in [0, 0.05) is 13.1 Å². The van der Waals surface area contributed by atoms with Crippen LogP contribution in [0.1, 0.15) is 61.9 Å². The number of hydrogen-bond donors (Lipinski definition) is 2. The maximum Gasteiger partial charge on any atom is 0.323 e. The number of thiocarbonyl (C=S) groups is 1. The van der Waals surface area contributed by atoms with Crippen LogP contribution in [0.4, 0.5) is 0 Å². The van der Waals surface area contributed by atoms with E-state index in [-0.39, 0.29) is 26.4 Å². The summed E-state index contributed by atoms with van der Waals surface area (Å²) in [4.78, 5) is 39.6. The fourth-order valence-electron chi connectivity index (χ4n) is 3.12. The van der Waals surface area contributed by atoms with Crippen molar-refractivity contribution in [2.75, 3.05) is 19.6 Å². The number of rotatable bonds is 11. The Balaban J connectivity index is 2.26. The topological polar surface area (TPSA) is 98.2 Å². The average Bonchev–Trinajstić information content (AvgIpc) is 2.98. The number of carboxylic acid groups (broad SMARTS) is 1. The molecule has 0 aromatic heterocycles. The molecule has 1 aromatic rings. The number of carboxylic acids is 1. The molecule has 1 saturated heterocycles. The van der Waals surface area contributed by atoms with Gasteiger partial charge in [-0.2, -0.15) is 0 Å². The second kappa shape index (κ2) is 11.9. The summed E-state index contributed by atoms with van der Waals surface area (Å²) in [5, 5.41) is 19.3. The molecule has 1 fully saturated rings. The molecule has 0 radical (unpaired) electrons. The van der Waals surface area contributed by atoms with Crippen molar-refractivity contribution in [1.82, 2.24) is 9.80 Å². The molecule has 0 unspecified atom stereocenters. The molecule has 1 aliphatic rings. The van der Waals surface area contributed by atoms with E-state index in [0.717, 1.165) is 48.8 Å². The first-order valence-electron chi connectivity index (χ1n) is 10.4. The molecular formula is C22H28N2O5S2. The van der Waals surface area contributed by atoms with E-state index < -0.39 is 18.4 Å². The van der Waals surface area contributed by atoms with Gasteiger partial charge in [0.2, 0.25) is 0 Å². The number of amides is 2. The molecule has 1 aliphatic heterocycles. The van der Waals surface area contributed by atoms with Crippen LogP contribution >= 0.6 is 24.0 Å². The van der Waals surface area contributed by atoms with Gasteiger partial charge in [0.15, 0.2) is 0 Å². The van der Waals surface area contributed by atoms with Crippen molar-refractivity contribution in [3.8, 4) is 5.75 Å². The number of carbonyl (C=O) groups is 3. The average molecular weight is 465 g/mol. The van der Waals surface area contributed by atoms with Crippen LogP contribution in [0.3, 0.4) is 0 Å². The van der Waals surface area contributed by atoms with Crippen molar-refractivity contribution in [1.29, 1.82) is 0 Å². The molecule has 0 bridgehead atoms. The van der Waals surface area contributed by atoms with Gasteiger partial charge in [-0.15, -0.1) is 0 Å². The predicted molar refractivity (Wildman–Crippen MR) is 126 cm³/mol. The number of carbonyl (C=O) groups excluding carboxylic acids is 2. The lowest BCUT2D eigenvalue weighted by atomic mass is 10.1. The SMILES string of the molecule is CCCCCN(CCCC)C(=O)c1cc(C=C2SC(=S)N(CC(=O)O)C2=O)ccc1O. The van der Waals surface area contributed by atoms with Gasteiger partial charge in [0.05, 0.1) is 10.5 Å². The van der Waals surface area contributed by atoms with Crippen LogP contribution in [0.25, 0.3) is 6.08 Å². The van der Waals surface area contributed by atoms with Gasteiger partial charge in [-0.1, -0.05) is 63.2 Å². The molecule has 0 spiro atoms. The summed E-state index contributed by atoms with van der Waals surface area (Å²) in [6.45, 7) is 4.92. The van der Waals surface area contributed by atoms with Gasteiger partial charge in [0.1, 0.15) is 16.6 Å². The summed E-state index contributed by atoms with van der Waals surface area (Å²) in [7, 11) is 0. The van der Waals surface area contributed by atoms with E-state index in [4.69, 9.17) is 17.3 Å². The lowest BCUT2D eigenvalue weighted by Gasteiger charge is -2.23. The maximum atomic E-state index is 13.1. The highest BCUT2D eigenvalue weighted by Gasteiger charge is 2.33. The zero-order valence-electron chi connectivity index (χ0n) is 17.8. The van der Waals surface area contributed by atoms with Gasteiger partial charge in [0.25, 0.3) is 11.8 Å². The number of nitrogens with zero attached hydrogens (tertiary/aromatic N) is 2. The second-order valence-electron chi connectivity index (χ2n) is 7.29. The lowest BCUT2D eigenvalue weighted by molar-refractivity contribution is -0.140. The summed E-state index contributed by atoms with van der Waals surface area (Å²) < 4.78 is 0.176. The van der Waals surface area contributed by atoms with Crippen molar-refractivity contribution in [3.63, 3.8) is 0 Å². The van der Waals surface area contributed by atoms with Gasteiger partial charge in [-0.05, 0) is 36.6 Å². The first-order chi connectivity index (χ1) is 14.8. The van der Waals surface area contributed by atoms with Crippen molar-refractivity contribution in [2.45, 2.75) is 46.0 Å². The zero-order chi connectivity index (χ0) is 23.0. The van der Waals surface area contributed by atoms with E-state index in [0.29, 0.717) is 18.7 Å². The largest absolute Gasteiger partial charge is 0.507 e. The van der Waals surface area contributed by atoms with Gasteiger partial charge in [-0.25, -0.2) is 0 Å². The van der Waals surface area contributed by atoms with E-state index >= 15 is 0 Å². The Kier molecular flexibility index (Phi) is 9.51. The number of phenols is 1. The smallest absolute Gasteiger partial charge is 0.323 e. The fraction of sp³-hybridized carbons (Fsp3) is 0.455. The van der Waals surface area contributed by atoms with Gasteiger partial charge < -0.3 is 15.1 Å². The highest BCUT2D eigenvalue weighted by Crippen LogP contribution is 2.33. The Morgan fingerprint density at radius 3 is 2.48 bits per heavy atom. The van der Waals surface area contributed by atoms with Crippen LogP contribution in [0.15, 0.2) is 23.1 Å². The van der Waals surface area contributed by atoms with Gasteiger partial charge >= 0.3 is 5.97 Å². The van der Waals surface area contributed by atoms with E-state index in [2.05, 4.69) is 13.8 Å². The highest BCUT2D eigenvalue weighted by molar-refractivity contribution is 8.26. The number of unbranched alkanes of at least 4 members (excludes halogenated alkanes) is 3. The molecule has 2 N–H and O–H groups in total. The Hall–Kier alpha value is -2.39. The third-order valence-electron chi connectivity index (χ3n) is 4.82. The molecule has 0 atom stereocenters. The van der Waals surface area contributed by atoms with Gasteiger partial charge in [-0.3, -0.25) is 19.3 Å². The van der Waals surface area contributed by atoms with E-state index in [9.17, 15) is 19.5 Å². The number of aromatic hydroxyl groups is 1. The molecule has 2 rings (SSSR count). The van der Waals surface area contributed by atoms with Crippen molar-refractivity contribution in [2.24, 2.45) is 0 Å². The summed E-state index contributed by atoms with van der Waals surface area (Å²) >= 11 is 6.12. The molecule has 168 valence electrons. The van der Waals surface area contributed by atoms with E-state index in [1.54, 1.807) is 23.1 Å². The molecular weight excluding hydrogens is 436 g/mol. The molecule has 1 heterocycles. The Bertz CT molecular complexity index is 885. The summed E-state index contributed by atoms with van der Waals surface area (Å²) in [5.74, 6) is -1.99. The fourth-order valence-corrected chi connectivity index (χ4v) is 4.38. The maximum absolute atomic E-state index is 13.1.